The number of amides is 1. The molecule has 1 aromatic carbocycles. The molecule has 0 aliphatic heterocycles. The predicted molar refractivity (Wildman–Crippen MR) is 76.0 cm³/mol. The summed E-state index contributed by atoms with van der Waals surface area (Å²) >= 11 is 0. The Bertz CT molecular complexity index is 601. The third-order valence-corrected chi connectivity index (χ3v) is 3.01. The number of carbonyl (C=O) groups is 1. The maximum Gasteiger partial charge on any atom is 0.256 e. The lowest BCUT2D eigenvalue weighted by molar-refractivity contribution is 0.0785. The number of benzene rings is 1. The lowest BCUT2D eigenvalue weighted by atomic mass is 10.1. The van der Waals surface area contributed by atoms with Crippen molar-refractivity contribution in [2.45, 2.75) is 6.54 Å². The van der Waals surface area contributed by atoms with Crippen molar-refractivity contribution in [3.05, 3.63) is 59.7 Å². The lowest BCUT2D eigenvalue weighted by Gasteiger charge is -2.19. The van der Waals surface area contributed by atoms with Gasteiger partial charge in [0.1, 0.15) is 5.82 Å². The maximum atomic E-state index is 13.7. The number of para-hydroxylation sites is 1. The summed E-state index contributed by atoms with van der Waals surface area (Å²) in [5, 5.41) is 2.73. The molecule has 0 aliphatic carbocycles. The summed E-state index contributed by atoms with van der Waals surface area (Å²) in [6.45, 7) is 0.445. The summed E-state index contributed by atoms with van der Waals surface area (Å²) in [4.78, 5) is 17.9. The minimum Gasteiger partial charge on any atom is -0.385 e. The van der Waals surface area contributed by atoms with Gasteiger partial charge in [-0.3, -0.25) is 9.78 Å². The molecule has 0 bridgehead atoms. The molecular weight excluding hydrogens is 257 g/mol. The lowest BCUT2D eigenvalue weighted by Crippen LogP contribution is -2.27. The van der Waals surface area contributed by atoms with Crippen molar-refractivity contribution < 1.29 is 9.18 Å². The average Bonchev–Trinajstić information content (AvgIpc) is 2.47. The Hall–Kier alpha value is -2.43. The summed E-state index contributed by atoms with van der Waals surface area (Å²) < 4.78 is 13.7. The third kappa shape index (κ3) is 2.93. The van der Waals surface area contributed by atoms with Crippen LogP contribution in [0.25, 0.3) is 0 Å². The highest BCUT2D eigenvalue weighted by molar-refractivity contribution is 5.99. The second-order valence-corrected chi connectivity index (χ2v) is 4.43. The highest BCUT2D eigenvalue weighted by atomic mass is 19.1. The number of hydrogen-bond donors (Lipinski definition) is 1. The Kier molecular flexibility index (Phi) is 4.30. The minimum absolute atomic E-state index is 0.221. The molecule has 20 heavy (non-hydrogen) atoms. The molecule has 0 fully saturated rings. The zero-order valence-corrected chi connectivity index (χ0v) is 11.4. The normalized spacial score (nSPS) is 10.2. The fraction of sp³-hybridized carbons (Fsp3) is 0.200. The van der Waals surface area contributed by atoms with E-state index in [2.05, 4.69) is 10.3 Å². The van der Waals surface area contributed by atoms with Gasteiger partial charge in [-0.05, 0) is 29.8 Å². The second-order valence-electron chi connectivity index (χ2n) is 4.43. The Morgan fingerprint density at radius 3 is 2.65 bits per heavy atom. The minimum atomic E-state index is -0.435. The smallest absolute Gasteiger partial charge is 0.256 e. The van der Waals surface area contributed by atoms with Crippen LogP contribution in [-0.2, 0) is 6.54 Å². The molecule has 0 aliphatic rings. The molecule has 0 spiro atoms. The van der Waals surface area contributed by atoms with Crippen molar-refractivity contribution in [1.82, 2.24) is 9.88 Å². The molecule has 1 amide bonds. The molecule has 5 heteroatoms. The third-order valence-electron chi connectivity index (χ3n) is 3.01. The van der Waals surface area contributed by atoms with E-state index in [4.69, 9.17) is 0 Å². The number of nitrogens with zero attached hydrogens (tertiary/aromatic N) is 2. The fourth-order valence-corrected chi connectivity index (χ4v) is 2.00. The number of pyridine rings is 1. The van der Waals surface area contributed by atoms with E-state index < -0.39 is 5.82 Å². The van der Waals surface area contributed by atoms with Crippen LogP contribution in [0.1, 0.15) is 15.9 Å². The van der Waals surface area contributed by atoms with E-state index in [-0.39, 0.29) is 11.6 Å². The van der Waals surface area contributed by atoms with Crippen LogP contribution in [0.15, 0.2) is 42.7 Å². The second kappa shape index (κ2) is 6.14. The number of nitrogens with one attached hydrogen (secondary N) is 1. The molecule has 2 aromatic rings. The van der Waals surface area contributed by atoms with E-state index in [0.29, 0.717) is 12.1 Å². The van der Waals surface area contributed by atoms with Crippen LogP contribution in [-0.4, -0.2) is 29.9 Å². The first-order chi connectivity index (χ1) is 9.63. The summed E-state index contributed by atoms with van der Waals surface area (Å²) in [6, 6.07) is 8.15. The Morgan fingerprint density at radius 1 is 1.30 bits per heavy atom. The van der Waals surface area contributed by atoms with E-state index in [1.165, 1.54) is 12.1 Å². The highest BCUT2D eigenvalue weighted by Gasteiger charge is 2.17. The van der Waals surface area contributed by atoms with Gasteiger partial charge in [0.2, 0.25) is 0 Å². The first kappa shape index (κ1) is 14.0. The molecule has 1 N–H and O–H groups in total. The van der Waals surface area contributed by atoms with Gasteiger partial charge >= 0.3 is 0 Å². The van der Waals surface area contributed by atoms with Gasteiger partial charge in [-0.2, -0.15) is 0 Å². The molecule has 0 saturated carbocycles. The maximum absolute atomic E-state index is 13.7. The van der Waals surface area contributed by atoms with Gasteiger partial charge in [0.25, 0.3) is 5.91 Å². The predicted octanol–water partition coefficient (Wildman–Crippen LogP) is 2.53. The molecule has 0 unspecified atom stereocenters. The van der Waals surface area contributed by atoms with Crippen LogP contribution in [0.5, 0.6) is 0 Å². The van der Waals surface area contributed by atoms with Crippen molar-refractivity contribution in [2.75, 3.05) is 19.4 Å². The van der Waals surface area contributed by atoms with Crippen molar-refractivity contribution in [1.29, 1.82) is 0 Å². The SMILES string of the molecule is CNc1c(F)cccc1C(=O)N(C)Cc1ccncc1. The van der Waals surface area contributed by atoms with Crippen LogP contribution in [0.4, 0.5) is 10.1 Å². The largest absolute Gasteiger partial charge is 0.385 e. The molecule has 4 nitrogen and oxygen atoms in total. The number of rotatable bonds is 4. The van der Waals surface area contributed by atoms with Gasteiger partial charge < -0.3 is 10.2 Å². The van der Waals surface area contributed by atoms with E-state index >= 15 is 0 Å². The van der Waals surface area contributed by atoms with Crippen molar-refractivity contribution in [3.63, 3.8) is 0 Å². The van der Waals surface area contributed by atoms with E-state index in [1.807, 2.05) is 12.1 Å². The summed E-state index contributed by atoms with van der Waals surface area (Å²) in [6.07, 6.45) is 3.35. The van der Waals surface area contributed by atoms with Gasteiger partial charge in [0, 0.05) is 33.0 Å². The van der Waals surface area contributed by atoms with Gasteiger partial charge in [-0.1, -0.05) is 6.07 Å². The first-order valence-electron chi connectivity index (χ1n) is 6.24. The zero-order chi connectivity index (χ0) is 14.5. The molecule has 1 aromatic heterocycles. The van der Waals surface area contributed by atoms with Crippen LogP contribution in [0, 0.1) is 5.82 Å². The molecule has 0 atom stereocenters. The highest BCUT2D eigenvalue weighted by Crippen LogP contribution is 2.21. The van der Waals surface area contributed by atoms with E-state index in [9.17, 15) is 9.18 Å². The van der Waals surface area contributed by atoms with Gasteiger partial charge in [0.05, 0.1) is 11.3 Å². The van der Waals surface area contributed by atoms with Crippen LogP contribution >= 0.6 is 0 Å². The molecular formula is C15H16FN3O. The standard InChI is InChI=1S/C15H16FN3O/c1-17-14-12(4-3-5-13(14)16)15(20)19(2)10-11-6-8-18-9-7-11/h3-9,17H,10H2,1-2H3. The topological polar surface area (TPSA) is 45.2 Å². The Balaban J connectivity index is 2.21. The summed E-state index contributed by atoms with van der Waals surface area (Å²) in [5.74, 6) is -0.665. The van der Waals surface area contributed by atoms with Crippen LogP contribution in [0.2, 0.25) is 0 Å². The summed E-state index contributed by atoms with van der Waals surface area (Å²) in [7, 11) is 3.28. The fourth-order valence-electron chi connectivity index (χ4n) is 2.00. The average molecular weight is 273 g/mol. The number of aromatic nitrogens is 1. The Morgan fingerprint density at radius 2 is 2.00 bits per heavy atom. The van der Waals surface area contributed by atoms with Crippen molar-refractivity contribution in [2.24, 2.45) is 0 Å². The van der Waals surface area contributed by atoms with Gasteiger partial charge in [0.15, 0.2) is 0 Å². The summed E-state index contributed by atoms with van der Waals surface area (Å²) in [5.41, 5.74) is 1.52. The number of carbonyl (C=O) groups excluding carboxylic acids is 1. The van der Waals surface area contributed by atoms with Gasteiger partial charge in [-0.15, -0.1) is 0 Å². The van der Waals surface area contributed by atoms with Crippen LogP contribution < -0.4 is 5.32 Å². The molecule has 0 radical (unpaired) electrons. The Labute approximate surface area is 117 Å². The molecule has 2 rings (SSSR count). The zero-order valence-electron chi connectivity index (χ0n) is 11.4. The van der Waals surface area contributed by atoms with Gasteiger partial charge in [-0.25, -0.2) is 4.39 Å². The number of halogens is 1. The van der Waals surface area contributed by atoms with Crippen LogP contribution in [0.3, 0.4) is 0 Å². The first-order valence-corrected chi connectivity index (χ1v) is 6.24. The molecule has 0 saturated heterocycles. The number of hydrogen-bond acceptors (Lipinski definition) is 3. The van der Waals surface area contributed by atoms with E-state index in [0.717, 1.165) is 5.56 Å². The quantitative estimate of drug-likeness (QED) is 0.931. The molecule has 104 valence electrons. The van der Waals surface area contributed by atoms with Crippen molar-refractivity contribution in [3.8, 4) is 0 Å². The monoisotopic (exact) mass is 273 g/mol. The van der Waals surface area contributed by atoms with E-state index in [1.54, 1.807) is 37.5 Å². The van der Waals surface area contributed by atoms with Crippen molar-refractivity contribution >= 4 is 11.6 Å². The molecule has 1 heterocycles. The number of anilines is 1.